The fourth-order valence-electron chi connectivity index (χ4n) is 1.97. The maximum Gasteiger partial charge on any atom is 0.325 e. The zero-order valence-electron chi connectivity index (χ0n) is 11.9. The van der Waals surface area contributed by atoms with Crippen LogP contribution in [-0.4, -0.2) is 28.9 Å². The van der Waals surface area contributed by atoms with Crippen molar-refractivity contribution >= 4 is 23.5 Å². The number of nitrogens with one attached hydrogen (secondary N) is 2. The minimum absolute atomic E-state index is 0.000740. The van der Waals surface area contributed by atoms with E-state index in [4.69, 9.17) is 5.11 Å². The molecule has 0 spiro atoms. The van der Waals surface area contributed by atoms with Gasteiger partial charge in [0, 0.05) is 17.2 Å². The smallest absolute Gasteiger partial charge is 0.325 e. The van der Waals surface area contributed by atoms with E-state index < -0.39 is 17.9 Å². The van der Waals surface area contributed by atoms with Crippen molar-refractivity contribution in [1.29, 1.82) is 0 Å². The molecule has 21 heavy (non-hydrogen) atoms. The molecule has 1 aromatic rings. The van der Waals surface area contributed by atoms with E-state index in [1.165, 1.54) is 6.92 Å². The Hall–Kier alpha value is -2.37. The van der Waals surface area contributed by atoms with Gasteiger partial charge in [0.25, 0.3) is 5.91 Å². The molecule has 3 N–H and O–H groups in total. The van der Waals surface area contributed by atoms with Gasteiger partial charge in [0.2, 0.25) is 5.91 Å². The van der Waals surface area contributed by atoms with Crippen molar-refractivity contribution in [3.63, 3.8) is 0 Å². The van der Waals surface area contributed by atoms with Crippen LogP contribution < -0.4 is 10.6 Å². The topological polar surface area (TPSA) is 95.5 Å². The van der Waals surface area contributed by atoms with E-state index in [0.717, 1.165) is 6.42 Å². The highest BCUT2D eigenvalue weighted by atomic mass is 16.4. The first-order chi connectivity index (χ1) is 9.88. The van der Waals surface area contributed by atoms with Gasteiger partial charge in [-0.3, -0.25) is 14.4 Å². The lowest BCUT2D eigenvalue weighted by atomic mass is 10.1. The van der Waals surface area contributed by atoms with Crippen LogP contribution in [0, 0.1) is 11.8 Å². The fourth-order valence-corrected chi connectivity index (χ4v) is 1.97. The molecule has 2 amide bonds. The lowest BCUT2D eigenvalue weighted by molar-refractivity contribution is -0.138. The van der Waals surface area contributed by atoms with Crippen molar-refractivity contribution in [2.45, 2.75) is 26.3 Å². The molecule has 0 aromatic heterocycles. The molecule has 0 saturated heterocycles. The Labute approximate surface area is 122 Å². The Morgan fingerprint density at radius 2 is 1.81 bits per heavy atom. The molecule has 0 radical (unpaired) electrons. The van der Waals surface area contributed by atoms with Gasteiger partial charge in [-0.05, 0) is 43.5 Å². The largest absolute Gasteiger partial charge is 0.480 e. The average molecular weight is 290 g/mol. The summed E-state index contributed by atoms with van der Waals surface area (Å²) in [4.78, 5) is 34.2. The van der Waals surface area contributed by atoms with Gasteiger partial charge in [0.1, 0.15) is 6.04 Å². The lowest BCUT2D eigenvalue weighted by Crippen LogP contribution is -2.38. The summed E-state index contributed by atoms with van der Waals surface area (Å²) in [5.41, 5.74) is 0.975. The molecule has 6 nitrogen and oxygen atoms in total. The number of hydrogen-bond acceptors (Lipinski definition) is 3. The van der Waals surface area contributed by atoms with Gasteiger partial charge in [-0.15, -0.1) is 0 Å². The van der Waals surface area contributed by atoms with Crippen LogP contribution >= 0.6 is 0 Å². The minimum atomic E-state index is -1.09. The molecule has 1 aliphatic carbocycles. The molecular formula is C15H18N2O4. The normalized spacial score (nSPS) is 21.2. The van der Waals surface area contributed by atoms with E-state index in [9.17, 15) is 14.4 Å². The summed E-state index contributed by atoms with van der Waals surface area (Å²) in [6, 6.07) is 5.41. The number of carbonyl (C=O) groups excluding carboxylic acids is 2. The monoisotopic (exact) mass is 290 g/mol. The number of carboxylic acids is 1. The summed E-state index contributed by atoms with van der Waals surface area (Å²) in [6.07, 6.45) is 0.916. The molecule has 3 atom stereocenters. The van der Waals surface area contributed by atoms with Crippen molar-refractivity contribution in [3.8, 4) is 0 Å². The van der Waals surface area contributed by atoms with Crippen LogP contribution in [0.1, 0.15) is 30.6 Å². The molecule has 1 saturated carbocycles. The zero-order chi connectivity index (χ0) is 15.6. The van der Waals surface area contributed by atoms with Crippen LogP contribution in [0.25, 0.3) is 0 Å². The van der Waals surface area contributed by atoms with Crippen molar-refractivity contribution in [2.24, 2.45) is 11.8 Å². The van der Waals surface area contributed by atoms with Crippen LogP contribution in [0.3, 0.4) is 0 Å². The molecule has 1 fully saturated rings. The third kappa shape index (κ3) is 3.81. The molecular weight excluding hydrogens is 272 g/mol. The van der Waals surface area contributed by atoms with Crippen LogP contribution in [-0.2, 0) is 9.59 Å². The van der Waals surface area contributed by atoms with Crippen molar-refractivity contribution in [3.05, 3.63) is 29.8 Å². The SMILES string of the molecule is CC1CC1C(=O)Nc1ccc(C(=O)N[C@H](C)C(=O)O)cc1. The number of carboxylic acid groups (broad SMARTS) is 1. The van der Waals surface area contributed by atoms with E-state index in [0.29, 0.717) is 17.2 Å². The van der Waals surface area contributed by atoms with Crippen LogP contribution in [0.4, 0.5) is 5.69 Å². The third-order valence-corrected chi connectivity index (χ3v) is 3.58. The summed E-state index contributed by atoms with van der Waals surface area (Å²) in [5, 5.41) is 13.9. The zero-order valence-corrected chi connectivity index (χ0v) is 11.9. The summed E-state index contributed by atoms with van der Waals surface area (Å²) in [5.74, 6) is -1.03. The van der Waals surface area contributed by atoms with Crippen LogP contribution in [0.2, 0.25) is 0 Å². The van der Waals surface area contributed by atoms with Gasteiger partial charge in [-0.2, -0.15) is 0 Å². The second-order valence-electron chi connectivity index (χ2n) is 5.42. The highest BCUT2D eigenvalue weighted by Crippen LogP contribution is 2.38. The van der Waals surface area contributed by atoms with Gasteiger partial charge >= 0.3 is 5.97 Å². The first-order valence-electron chi connectivity index (χ1n) is 6.83. The summed E-state index contributed by atoms with van der Waals surface area (Å²) < 4.78 is 0. The van der Waals surface area contributed by atoms with Crippen molar-refractivity contribution in [2.75, 3.05) is 5.32 Å². The van der Waals surface area contributed by atoms with E-state index in [1.54, 1.807) is 24.3 Å². The highest BCUT2D eigenvalue weighted by Gasteiger charge is 2.39. The molecule has 0 heterocycles. The Bertz CT molecular complexity index is 568. The number of carbonyl (C=O) groups is 3. The molecule has 0 aliphatic heterocycles. The molecule has 2 unspecified atom stereocenters. The van der Waals surface area contributed by atoms with Crippen LogP contribution in [0.15, 0.2) is 24.3 Å². The van der Waals surface area contributed by atoms with Gasteiger partial charge in [-0.1, -0.05) is 6.92 Å². The van der Waals surface area contributed by atoms with Gasteiger partial charge in [0.15, 0.2) is 0 Å². The number of aliphatic carboxylic acids is 1. The van der Waals surface area contributed by atoms with E-state index >= 15 is 0 Å². The predicted octanol–water partition coefficient (Wildman–Crippen LogP) is 1.48. The first kappa shape index (κ1) is 15.0. The molecule has 2 rings (SSSR count). The molecule has 1 aliphatic rings. The summed E-state index contributed by atoms with van der Waals surface area (Å²) in [7, 11) is 0. The Morgan fingerprint density at radius 3 is 2.29 bits per heavy atom. The number of anilines is 1. The summed E-state index contributed by atoms with van der Waals surface area (Å²) in [6.45, 7) is 3.42. The number of amides is 2. The number of benzene rings is 1. The second kappa shape index (κ2) is 5.95. The summed E-state index contributed by atoms with van der Waals surface area (Å²) >= 11 is 0. The van der Waals surface area contributed by atoms with Gasteiger partial charge < -0.3 is 15.7 Å². The quantitative estimate of drug-likeness (QED) is 0.765. The van der Waals surface area contributed by atoms with E-state index in [-0.39, 0.29) is 11.8 Å². The first-order valence-corrected chi connectivity index (χ1v) is 6.83. The van der Waals surface area contributed by atoms with E-state index in [2.05, 4.69) is 10.6 Å². The Kier molecular flexibility index (Phi) is 4.26. The minimum Gasteiger partial charge on any atom is -0.480 e. The number of hydrogen-bond donors (Lipinski definition) is 3. The fraction of sp³-hybridized carbons (Fsp3) is 0.400. The molecule has 112 valence electrons. The second-order valence-corrected chi connectivity index (χ2v) is 5.42. The Morgan fingerprint density at radius 1 is 1.24 bits per heavy atom. The van der Waals surface area contributed by atoms with E-state index in [1.807, 2.05) is 6.92 Å². The van der Waals surface area contributed by atoms with Crippen LogP contribution in [0.5, 0.6) is 0 Å². The van der Waals surface area contributed by atoms with Gasteiger partial charge in [0.05, 0.1) is 0 Å². The third-order valence-electron chi connectivity index (χ3n) is 3.58. The lowest BCUT2D eigenvalue weighted by Gasteiger charge is -2.10. The standard InChI is InChI=1S/C15H18N2O4/c1-8-7-12(8)14(19)17-11-5-3-10(4-6-11)13(18)16-9(2)15(20)21/h3-6,8-9,12H,7H2,1-2H3,(H,16,18)(H,17,19)(H,20,21)/t8?,9-,12?/m1/s1. The number of rotatable bonds is 5. The molecule has 0 bridgehead atoms. The Balaban J connectivity index is 1.93. The highest BCUT2D eigenvalue weighted by molar-refractivity contribution is 5.98. The maximum absolute atomic E-state index is 11.8. The average Bonchev–Trinajstić information content (AvgIpc) is 3.16. The van der Waals surface area contributed by atoms with Crippen molar-refractivity contribution < 1.29 is 19.5 Å². The van der Waals surface area contributed by atoms with Crippen molar-refractivity contribution in [1.82, 2.24) is 5.32 Å². The maximum atomic E-state index is 11.8. The molecule has 1 aromatic carbocycles. The predicted molar refractivity (Wildman–Crippen MR) is 76.9 cm³/mol. The molecule has 6 heteroatoms. The van der Waals surface area contributed by atoms with Gasteiger partial charge in [-0.25, -0.2) is 0 Å².